The number of hydrogen-bond acceptors (Lipinski definition) is 4. The first-order valence-corrected chi connectivity index (χ1v) is 5.02. The van der Waals surface area contributed by atoms with Gasteiger partial charge < -0.3 is 4.90 Å². The molecule has 0 saturated carbocycles. The van der Waals surface area contributed by atoms with Crippen molar-refractivity contribution in [2.24, 2.45) is 4.99 Å². The molecule has 1 unspecified atom stereocenters. The highest BCUT2D eigenvalue weighted by Crippen LogP contribution is 2.31. The van der Waals surface area contributed by atoms with E-state index < -0.39 is 0 Å². The third kappa shape index (κ3) is 1.80. The van der Waals surface area contributed by atoms with E-state index in [1.54, 1.807) is 0 Å². The lowest BCUT2D eigenvalue weighted by Crippen LogP contribution is -2.32. The van der Waals surface area contributed by atoms with Gasteiger partial charge in [-0.05, 0) is 19.1 Å². The van der Waals surface area contributed by atoms with Crippen molar-refractivity contribution in [3.05, 3.63) is 24.3 Å². The van der Waals surface area contributed by atoms with Gasteiger partial charge in [0.05, 0.1) is 11.4 Å². The van der Waals surface area contributed by atoms with Crippen LogP contribution in [-0.4, -0.2) is 24.1 Å². The van der Waals surface area contributed by atoms with E-state index in [-0.39, 0.29) is 0 Å². The molecule has 1 aromatic rings. The lowest BCUT2D eigenvalue weighted by molar-refractivity contribution is 0.231. The molecule has 0 aliphatic carbocycles. The van der Waals surface area contributed by atoms with Crippen molar-refractivity contribution < 1.29 is 5.21 Å². The fourth-order valence-electron chi connectivity index (χ4n) is 1.77. The molecule has 0 saturated heterocycles. The van der Waals surface area contributed by atoms with Crippen LogP contribution in [0.15, 0.2) is 29.3 Å². The smallest absolute Gasteiger partial charge is 0.128 e. The molecule has 0 radical (unpaired) electrons. The van der Waals surface area contributed by atoms with Crippen LogP contribution in [-0.2, 0) is 0 Å². The second-order valence-electron chi connectivity index (χ2n) is 3.82. The summed E-state index contributed by atoms with van der Waals surface area (Å²) in [4.78, 5) is 6.54. The van der Waals surface area contributed by atoms with Gasteiger partial charge in [0.2, 0.25) is 0 Å². The molecule has 4 nitrogen and oxygen atoms in total. The van der Waals surface area contributed by atoms with Gasteiger partial charge in [0.1, 0.15) is 5.84 Å². The summed E-state index contributed by atoms with van der Waals surface area (Å²) in [7, 11) is 2.04. The van der Waals surface area contributed by atoms with Gasteiger partial charge in [-0.3, -0.25) is 10.7 Å². The Morgan fingerprint density at radius 2 is 2.20 bits per heavy atom. The number of para-hydroxylation sites is 2. The summed E-state index contributed by atoms with van der Waals surface area (Å²) in [5, 5.41) is 8.95. The predicted octanol–water partition coefficient (Wildman–Crippen LogP) is 1.92. The van der Waals surface area contributed by atoms with E-state index in [1.807, 2.05) is 31.3 Å². The molecule has 0 aromatic heterocycles. The summed E-state index contributed by atoms with van der Waals surface area (Å²) in [5.74, 6) is 0.610. The summed E-state index contributed by atoms with van der Waals surface area (Å²) in [6.45, 7) is 2.11. The van der Waals surface area contributed by atoms with Crippen LogP contribution in [0, 0.1) is 0 Å². The zero-order valence-electron chi connectivity index (χ0n) is 8.94. The molecule has 1 aliphatic heterocycles. The quantitative estimate of drug-likeness (QED) is 0.636. The van der Waals surface area contributed by atoms with Gasteiger partial charge in [-0.15, -0.1) is 0 Å². The number of fused-ring (bicyclic) bond motifs is 1. The molecule has 80 valence electrons. The van der Waals surface area contributed by atoms with Crippen LogP contribution in [0.4, 0.5) is 11.4 Å². The fraction of sp³-hybridized carbons (Fsp3) is 0.364. The van der Waals surface area contributed by atoms with Crippen LogP contribution in [0.5, 0.6) is 0 Å². The van der Waals surface area contributed by atoms with E-state index in [0.717, 1.165) is 11.4 Å². The lowest BCUT2D eigenvalue weighted by Gasteiger charge is -2.25. The maximum absolute atomic E-state index is 8.95. The minimum Gasteiger partial charge on any atom is -0.370 e. The molecule has 0 spiro atoms. The van der Waals surface area contributed by atoms with E-state index in [4.69, 9.17) is 5.21 Å². The first-order chi connectivity index (χ1) is 7.22. The molecule has 2 N–H and O–H groups in total. The number of anilines is 1. The summed E-state index contributed by atoms with van der Waals surface area (Å²) in [5.41, 5.74) is 4.14. The number of nitrogens with one attached hydrogen (secondary N) is 1. The van der Waals surface area contributed by atoms with E-state index in [9.17, 15) is 0 Å². The van der Waals surface area contributed by atoms with Crippen LogP contribution in [0.25, 0.3) is 0 Å². The third-order valence-corrected chi connectivity index (χ3v) is 2.80. The number of rotatable bonds is 0. The van der Waals surface area contributed by atoms with Gasteiger partial charge >= 0.3 is 0 Å². The molecule has 0 fully saturated rings. The Balaban J connectivity index is 2.49. The van der Waals surface area contributed by atoms with Gasteiger partial charge in [-0.2, -0.15) is 0 Å². The summed E-state index contributed by atoms with van der Waals surface area (Å²) in [6, 6.07) is 8.24. The highest BCUT2D eigenvalue weighted by atomic mass is 16.5. The minimum atomic E-state index is 0.312. The molecule has 0 bridgehead atoms. The first-order valence-electron chi connectivity index (χ1n) is 5.02. The second-order valence-corrected chi connectivity index (χ2v) is 3.82. The Labute approximate surface area is 89.2 Å². The molecule has 2 rings (SSSR count). The van der Waals surface area contributed by atoms with Crippen molar-refractivity contribution in [3.8, 4) is 0 Å². The van der Waals surface area contributed by atoms with Crippen LogP contribution in [0.1, 0.15) is 13.3 Å². The molecule has 0 amide bonds. The predicted molar refractivity (Wildman–Crippen MR) is 60.9 cm³/mol. The number of hydroxylamine groups is 1. The van der Waals surface area contributed by atoms with E-state index in [2.05, 4.69) is 22.3 Å². The van der Waals surface area contributed by atoms with Crippen molar-refractivity contribution in [1.29, 1.82) is 0 Å². The Kier molecular flexibility index (Phi) is 2.60. The summed E-state index contributed by atoms with van der Waals surface area (Å²) < 4.78 is 0. The first kappa shape index (κ1) is 9.98. The zero-order valence-corrected chi connectivity index (χ0v) is 8.94. The van der Waals surface area contributed by atoms with E-state index in [0.29, 0.717) is 18.3 Å². The Morgan fingerprint density at radius 1 is 1.47 bits per heavy atom. The van der Waals surface area contributed by atoms with E-state index in [1.165, 1.54) is 0 Å². The van der Waals surface area contributed by atoms with Crippen LogP contribution >= 0.6 is 0 Å². The average molecular weight is 205 g/mol. The molecule has 1 aromatic carbocycles. The molecule has 15 heavy (non-hydrogen) atoms. The largest absolute Gasteiger partial charge is 0.370 e. The van der Waals surface area contributed by atoms with Crippen molar-refractivity contribution in [2.75, 3.05) is 11.9 Å². The lowest BCUT2D eigenvalue weighted by atomic mass is 10.2. The maximum atomic E-state index is 8.95. The van der Waals surface area contributed by atoms with Crippen LogP contribution in [0.2, 0.25) is 0 Å². The monoisotopic (exact) mass is 205 g/mol. The summed E-state index contributed by atoms with van der Waals surface area (Å²) >= 11 is 0. The van der Waals surface area contributed by atoms with Gasteiger partial charge in [0.25, 0.3) is 0 Å². The van der Waals surface area contributed by atoms with Crippen molar-refractivity contribution in [3.63, 3.8) is 0 Å². The SMILES string of the molecule is CC1CC(NO)=Nc2ccccc2N1C. The summed E-state index contributed by atoms with van der Waals surface area (Å²) in [6.07, 6.45) is 0.710. The van der Waals surface area contributed by atoms with Gasteiger partial charge in [-0.25, -0.2) is 4.99 Å². The molecule has 1 heterocycles. The normalized spacial score (nSPS) is 20.3. The van der Waals surface area contributed by atoms with Crippen molar-refractivity contribution in [1.82, 2.24) is 5.48 Å². The minimum absolute atomic E-state index is 0.312. The van der Waals surface area contributed by atoms with Gasteiger partial charge in [0, 0.05) is 19.5 Å². The number of benzene rings is 1. The van der Waals surface area contributed by atoms with Crippen molar-refractivity contribution in [2.45, 2.75) is 19.4 Å². The van der Waals surface area contributed by atoms with E-state index >= 15 is 0 Å². The van der Waals surface area contributed by atoms with Gasteiger partial charge in [-0.1, -0.05) is 12.1 Å². The molecular formula is C11H15N3O. The maximum Gasteiger partial charge on any atom is 0.128 e. The zero-order chi connectivity index (χ0) is 10.8. The molecular weight excluding hydrogens is 190 g/mol. The number of aliphatic imine (C=N–C) groups is 1. The molecule has 4 heteroatoms. The van der Waals surface area contributed by atoms with Crippen molar-refractivity contribution >= 4 is 17.2 Å². The highest BCUT2D eigenvalue weighted by molar-refractivity contribution is 5.88. The molecule has 1 aliphatic rings. The van der Waals surface area contributed by atoms with Gasteiger partial charge in [0.15, 0.2) is 0 Å². The highest BCUT2D eigenvalue weighted by Gasteiger charge is 2.19. The second kappa shape index (κ2) is 3.90. The Bertz CT molecular complexity index is 389. The average Bonchev–Trinajstić information content (AvgIpc) is 2.38. The third-order valence-electron chi connectivity index (χ3n) is 2.80. The number of nitrogens with zero attached hydrogens (tertiary/aromatic N) is 2. The topological polar surface area (TPSA) is 47.9 Å². The Hall–Kier alpha value is -1.55. The number of hydrogen-bond donors (Lipinski definition) is 2. The number of amidine groups is 1. The Morgan fingerprint density at radius 3 is 2.93 bits per heavy atom. The fourth-order valence-corrected chi connectivity index (χ4v) is 1.77. The standard InChI is InChI=1S/C11H15N3O/c1-8-7-11(13-15)12-9-5-3-4-6-10(9)14(8)2/h3-6,8,15H,7H2,1-2H3,(H,12,13). The van der Waals surface area contributed by atoms with Crippen LogP contribution < -0.4 is 10.4 Å². The molecule has 1 atom stereocenters. The van der Waals surface area contributed by atoms with Crippen LogP contribution in [0.3, 0.4) is 0 Å².